The summed E-state index contributed by atoms with van der Waals surface area (Å²) in [5.41, 5.74) is 2.36. The van der Waals surface area contributed by atoms with E-state index in [1.165, 1.54) is 31.4 Å². The van der Waals surface area contributed by atoms with E-state index in [4.69, 9.17) is 0 Å². The first-order chi connectivity index (χ1) is 8.25. The van der Waals surface area contributed by atoms with Crippen molar-refractivity contribution in [1.29, 1.82) is 0 Å². The van der Waals surface area contributed by atoms with Gasteiger partial charge >= 0.3 is 0 Å². The zero-order valence-electron chi connectivity index (χ0n) is 10.9. The molecule has 17 heavy (non-hydrogen) atoms. The smallest absolute Gasteiger partial charge is 0.0372 e. The molecule has 0 radical (unpaired) electrons. The lowest BCUT2D eigenvalue weighted by Gasteiger charge is -2.32. The highest BCUT2D eigenvalue weighted by atomic mass is 15.2. The molecule has 1 aliphatic rings. The van der Waals surface area contributed by atoms with Crippen LogP contribution in [0.15, 0.2) is 18.3 Å². The van der Waals surface area contributed by atoms with Crippen molar-refractivity contribution >= 4 is 0 Å². The van der Waals surface area contributed by atoms with E-state index in [0.29, 0.717) is 6.04 Å². The lowest BCUT2D eigenvalue weighted by atomic mass is 10.0. The van der Waals surface area contributed by atoms with E-state index in [9.17, 15) is 0 Å². The molecule has 1 atom stereocenters. The second-order valence-corrected chi connectivity index (χ2v) is 5.07. The largest absolute Gasteiger partial charge is 0.311 e. The Balaban J connectivity index is 1.73. The van der Waals surface area contributed by atoms with Crippen molar-refractivity contribution in [2.45, 2.75) is 38.8 Å². The minimum absolute atomic E-state index is 0.710. The summed E-state index contributed by atoms with van der Waals surface area (Å²) in [4.78, 5) is 6.79. The second-order valence-electron chi connectivity index (χ2n) is 5.07. The normalized spacial score (nSPS) is 21.6. The van der Waals surface area contributed by atoms with Gasteiger partial charge in [-0.05, 0) is 45.0 Å². The summed E-state index contributed by atoms with van der Waals surface area (Å²) >= 11 is 0. The SMILES string of the molecule is Cc1ccc(CNCC2CCCCN2C)cn1. The molecular formula is C14H23N3. The van der Waals surface area contributed by atoms with Gasteiger partial charge in [-0.2, -0.15) is 0 Å². The van der Waals surface area contributed by atoms with E-state index in [1.54, 1.807) is 0 Å². The van der Waals surface area contributed by atoms with Crippen LogP contribution < -0.4 is 5.32 Å². The van der Waals surface area contributed by atoms with Crippen molar-refractivity contribution < 1.29 is 0 Å². The molecule has 2 rings (SSSR count). The number of likely N-dealkylation sites (tertiary alicyclic amines) is 1. The number of piperidine rings is 1. The molecule has 1 N–H and O–H groups in total. The number of hydrogen-bond donors (Lipinski definition) is 1. The van der Waals surface area contributed by atoms with Gasteiger partial charge in [0.15, 0.2) is 0 Å². The first-order valence-electron chi connectivity index (χ1n) is 6.58. The highest BCUT2D eigenvalue weighted by molar-refractivity contribution is 5.12. The second kappa shape index (κ2) is 6.12. The summed E-state index contributed by atoms with van der Waals surface area (Å²) in [7, 11) is 2.24. The monoisotopic (exact) mass is 233 g/mol. The van der Waals surface area contributed by atoms with Crippen LogP contribution >= 0.6 is 0 Å². The average Bonchev–Trinajstić information content (AvgIpc) is 2.34. The molecule has 1 unspecified atom stereocenters. The third kappa shape index (κ3) is 3.79. The Morgan fingerprint density at radius 3 is 3.00 bits per heavy atom. The molecule has 1 aromatic heterocycles. The van der Waals surface area contributed by atoms with Crippen LogP contribution in [0.25, 0.3) is 0 Å². The lowest BCUT2D eigenvalue weighted by Crippen LogP contribution is -2.42. The molecule has 0 bridgehead atoms. The molecule has 3 heteroatoms. The summed E-state index contributed by atoms with van der Waals surface area (Å²) in [5.74, 6) is 0. The minimum atomic E-state index is 0.710. The number of hydrogen-bond acceptors (Lipinski definition) is 3. The number of aromatic nitrogens is 1. The summed E-state index contributed by atoms with van der Waals surface area (Å²) in [6, 6.07) is 4.94. The van der Waals surface area contributed by atoms with Gasteiger partial charge in [-0.25, -0.2) is 0 Å². The third-order valence-electron chi connectivity index (χ3n) is 3.60. The number of likely N-dealkylation sites (N-methyl/N-ethyl adjacent to an activating group) is 1. The molecule has 1 saturated heterocycles. The molecule has 0 aromatic carbocycles. The Labute approximate surface area is 104 Å². The summed E-state index contributed by atoms with van der Waals surface area (Å²) < 4.78 is 0. The number of nitrogens with one attached hydrogen (secondary N) is 1. The molecule has 1 aliphatic heterocycles. The predicted molar refractivity (Wildman–Crippen MR) is 70.9 cm³/mol. The fourth-order valence-corrected chi connectivity index (χ4v) is 2.39. The molecule has 1 fully saturated rings. The van der Waals surface area contributed by atoms with Gasteiger partial charge in [0.25, 0.3) is 0 Å². The summed E-state index contributed by atoms with van der Waals surface area (Å²) in [6.07, 6.45) is 6.03. The van der Waals surface area contributed by atoms with Gasteiger partial charge in [0.05, 0.1) is 0 Å². The summed E-state index contributed by atoms with van der Waals surface area (Å²) in [6.45, 7) is 5.29. The van der Waals surface area contributed by atoms with Gasteiger partial charge in [-0.3, -0.25) is 4.98 Å². The topological polar surface area (TPSA) is 28.2 Å². The first kappa shape index (κ1) is 12.5. The van der Waals surface area contributed by atoms with Crippen LogP contribution in [0.4, 0.5) is 0 Å². The van der Waals surface area contributed by atoms with Crippen molar-refractivity contribution in [2.75, 3.05) is 20.1 Å². The third-order valence-corrected chi connectivity index (χ3v) is 3.60. The van der Waals surface area contributed by atoms with Crippen molar-refractivity contribution in [3.05, 3.63) is 29.6 Å². The highest BCUT2D eigenvalue weighted by Crippen LogP contribution is 2.14. The zero-order chi connectivity index (χ0) is 12.1. The Bertz CT molecular complexity index is 334. The first-order valence-corrected chi connectivity index (χ1v) is 6.58. The maximum Gasteiger partial charge on any atom is 0.0372 e. The van der Waals surface area contributed by atoms with E-state index in [0.717, 1.165) is 18.8 Å². The van der Waals surface area contributed by atoms with Crippen LogP contribution in [0.1, 0.15) is 30.5 Å². The Kier molecular flexibility index (Phi) is 4.51. The van der Waals surface area contributed by atoms with E-state index < -0.39 is 0 Å². The van der Waals surface area contributed by atoms with Crippen molar-refractivity contribution in [3.63, 3.8) is 0 Å². The molecule has 0 saturated carbocycles. The van der Waals surface area contributed by atoms with Gasteiger partial charge in [0, 0.05) is 31.0 Å². The fourth-order valence-electron chi connectivity index (χ4n) is 2.39. The van der Waals surface area contributed by atoms with E-state index in [1.807, 2.05) is 13.1 Å². The van der Waals surface area contributed by atoms with Crippen molar-refractivity contribution in [1.82, 2.24) is 15.2 Å². The number of aryl methyl sites for hydroxylation is 1. The molecule has 1 aromatic rings. The van der Waals surface area contributed by atoms with Crippen LogP contribution in [-0.2, 0) is 6.54 Å². The quantitative estimate of drug-likeness (QED) is 0.861. The van der Waals surface area contributed by atoms with Crippen LogP contribution in [0.2, 0.25) is 0 Å². The number of rotatable bonds is 4. The van der Waals surface area contributed by atoms with Gasteiger partial charge in [0.1, 0.15) is 0 Å². The maximum atomic E-state index is 4.31. The molecule has 94 valence electrons. The molecule has 3 nitrogen and oxygen atoms in total. The van der Waals surface area contributed by atoms with Crippen LogP contribution in [-0.4, -0.2) is 36.1 Å². The van der Waals surface area contributed by atoms with E-state index >= 15 is 0 Å². The lowest BCUT2D eigenvalue weighted by molar-refractivity contribution is 0.181. The minimum Gasteiger partial charge on any atom is -0.311 e. The maximum absolute atomic E-state index is 4.31. The van der Waals surface area contributed by atoms with Crippen LogP contribution in [0.5, 0.6) is 0 Å². The molecule has 0 spiro atoms. The van der Waals surface area contributed by atoms with Crippen molar-refractivity contribution in [3.8, 4) is 0 Å². The van der Waals surface area contributed by atoms with Crippen LogP contribution in [0.3, 0.4) is 0 Å². The standard InChI is InChI=1S/C14H23N3/c1-12-6-7-13(10-16-12)9-15-11-14-5-3-4-8-17(14)2/h6-7,10,14-15H,3-5,8-9,11H2,1-2H3. The Morgan fingerprint density at radius 2 is 2.29 bits per heavy atom. The fraction of sp³-hybridized carbons (Fsp3) is 0.643. The van der Waals surface area contributed by atoms with E-state index in [-0.39, 0.29) is 0 Å². The summed E-state index contributed by atoms with van der Waals surface area (Å²) in [5, 5.41) is 3.54. The zero-order valence-corrected chi connectivity index (χ0v) is 10.9. The number of pyridine rings is 1. The highest BCUT2D eigenvalue weighted by Gasteiger charge is 2.17. The van der Waals surface area contributed by atoms with Gasteiger partial charge in [0.2, 0.25) is 0 Å². The average molecular weight is 233 g/mol. The van der Waals surface area contributed by atoms with Gasteiger partial charge < -0.3 is 10.2 Å². The molecule has 0 aliphatic carbocycles. The number of nitrogens with zero attached hydrogens (tertiary/aromatic N) is 2. The van der Waals surface area contributed by atoms with Crippen molar-refractivity contribution in [2.24, 2.45) is 0 Å². The van der Waals surface area contributed by atoms with E-state index in [2.05, 4.69) is 34.4 Å². The molecule has 0 amide bonds. The Hall–Kier alpha value is -0.930. The predicted octanol–water partition coefficient (Wildman–Crippen LogP) is 1.96. The molecule has 2 heterocycles. The Morgan fingerprint density at radius 1 is 1.41 bits per heavy atom. The van der Waals surface area contributed by atoms with Gasteiger partial charge in [-0.1, -0.05) is 12.5 Å². The van der Waals surface area contributed by atoms with Crippen LogP contribution in [0, 0.1) is 6.92 Å². The van der Waals surface area contributed by atoms with Gasteiger partial charge in [-0.15, -0.1) is 0 Å². The molecular weight excluding hydrogens is 210 g/mol.